The molecule has 0 atom stereocenters. The zero-order chi connectivity index (χ0) is 16.7. The summed E-state index contributed by atoms with van der Waals surface area (Å²) >= 11 is 6.05. The molecule has 1 spiro atoms. The second kappa shape index (κ2) is 5.90. The number of nitrogens with zero attached hydrogens (tertiary/aromatic N) is 1. The van der Waals surface area contributed by atoms with Gasteiger partial charge in [-0.2, -0.15) is 0 Å². The van der Waals surface area contributed by atoms with E-state index in [-0.39, 0.29) is 11.7 Å². The van der Waals surface area contributed by atoms with Gasteiger partial charge in [0.2, 0.25) is 0 Å². The Kier molecular flexibility index (Phi) is 4.21. The van der Waals surface area contributed by atoms with Gasteiger partial charge in [-0.3, -0.25) is 0 Å². The molecule has 1 aromatic rings. The molecule has 4 nitrogen and oxygen atoms in total. The summed E-state index contributed by atoms with van der Waals surface area (Å²) < 4.78 is 11.8. The van der Waals surface area contributed by atoms with Gasteiger partial charge in [-0.05, 0) is 57.4 Å². The number of carbonyl (C=O) groups is 1. The van der Waals surface area contributed by atoms with Crippen molar-refractivity contribution in [2.45, 2.75) is 57.7 Å². The van der Waals surface area contributed by atoms with Crippen molar-refractivity contribution in [2.75, 3.05) is 13.1 Å². The first kappa shape index (κ1) is 16.4. The van der Waals surface area contributed by atoms with Crippen molar-refractivity contribution in [1.29, 1.82) is 0 Å². The van der Waals surface area contributed by atoms with Crippen molar-refractivity contribution in [3.63, 3.8) is 0 Å². The van der Waals surface area contributed by atoms with Crippen molar-refractivity contribution >= 4 is 17.7 Å². The fourth-order valence-electron chi connectivity index (χ4n) is 3.27. The Morgan fingerprint density at radius 1 is 1.26 bits per heavy atom. The highest BCUT2D eigenvalue weighted by molar-refractivity contribution is 6.30. The normalized spacial score (nSPS) is 19.9. The number of piperidine rings is 1. The summed E-state index contributed by atoms with van der Waals surface area (Å²) in [5.74, 6) is 0.936. The van der Waals surface area contributed by atoms with Crippen LogP contribution in [0.3, 0.4) is 0 Å². The van der Waals surface area contributed by atoms with E-state index in [9.17, 15) is 4.79 Å². The smallest absolute Gasteiger partial charge is 0.410 e. The van der Waals surface area contributed by atoms with Gasteiger partial charge >= 0.3 is 6.09 Å². The number of amides is 1. The van der Waals surface area contributed by atoms with Gasteiger partial charge in [-0.15, -0.1) is 0 Å². The average Bonchev–Trinajstić information content (AvgIpc) is 2.47. The van der Waals surface area contributed by atoms with E-state index in [0.29, 0.717) is 13.1 Å². The second-order valence-corrected chi connectivity index (χ2v) is 7.94. The maximum absolute atomic E-state index is 12.2. The Balaban J connectivity index is 1.63. The SMILES string of the molecule is CC(C)(C)OC(=O)N1CCC2(CCc3cc(Cl)ccc3O2)CC1. The van der Waals surface area contributed by atoms with Gasteiger partial charge in [-0.1, -0.05) is 11.6 Å². The first-order valence-electron chi connectivity index (χ1n) is 8.22. The molecule has 1 fully saturated rings. The molecule has 0 bridgehead atoms. The van der Waals surface area contributed by atoms with Gasteiger partial charge < -0.3 is 14.4 Å². The number of likely N-dealkylation sites (tertiary alicyclic amines) is 1. The van der Waals surface area contributed by atoms with Crippen LogP contribution in [0.25, 0.3) is 0 Å². The largest absolute Gasteiger partial charge is 0.487 e. The number of rotatable bonds is 0. The maximum Gasteiger partial charge on any atom is 0.410 e. The van der Waals surface area contributed by atoms with Crippen LogP contribution in [0.2, 0.25) is 5.02 Å². The summed E-state index contributed by atoms with van der Waals surface area (Å²) in [5, 5.41) is 0.753. The highest BCUT2D eigenvalue weighted by Gasteiger charge is 2.41. The lowest BCUT2D eigenvalue weighted by Gasteiger charge is -2.44. The summed E-state index contributed by atoms with van der Waals surface area (Å²) in [6, 6.07) is 5.81. The van der Waals surface area contributed by atoms with Gasteiger partial charge in [0.1, 0.15) is 17.0 Å². The Bertz CT molecular complexity index is 601. The van der Waals surface area contributed by atoms with E-state index in [1.165, 1.54) is 5.56 Å². The second-order valence-electron chi connectivity index (χ2n) is 7.50. The zero-order valence-corrected chi connectivity index (χ0v) is 14.8. The highest BCUT2D eigenvalue weighted by Crippen LogP contribution is 2.40. The van der Waals surface area contributed by atoms with Crippen LogP contribution in [0, 0.1) is 0 Å². The Morgan fingerprint density at radius 2 is 1.96 bits per heavy atom. The predicted octanol–water partition coefficient (Wildman–Crippen LogP) is 4.43. The number of fused-ring (bicyclic) bond motifs is 1. The van der Waals surface area contributed by atoms with Crippen molar-refractivity contribution in [1.82, 2.24) is 4.90 Å². The average molecular weight is 338 g/mol. The fourth-order valence-corrected chi connectivity index (χ4v) is 3.46. The van der Waals surface area contributed by atoms with E-state index >= 15 is 0 Å². The number of benzene rings is 1. The Hall–Kier alpha value is -1.42. The topological polar surface area (TPSA) is 38.8 Å². The van der Waals surface area contributed by atoms with Crippen LogP contribution in [-0.4, -0.2) is 35.3 Å². The minimum atomic E-state index is -0.453. The van der Waals surface area contributed by atoms with Crippen LogP contribution in [-0.2, 0) is 11.2 Å². The monoisotopic (exact) mass is 337 g/mol. The first-order chi connectivity index (χ1) is 10.8. The summed E-state index contributed by atoms with van der Waals surface area (Å²) in [4.78, 5) is 14.0. The number of halogens is 1. The first-order valence-corrected chi connectivity index (χ1v) is 8.60. The van der Waals surface area contributed by atoms with Gasteiger partial charge in [-0.25, -0.2) is 4.79 Å². The van der Waals surface area contributed by atoms with Crippen LogP contribution in [0.5, 0.6) is 5.75 Å². The third-order valence-electron chi connectivity index (χ3n) is 4.53. The molecule has 5 heteroatoms. The quantitative estimate of drug-likeness (QED) is 0.702. The molecule has 0 N–H and O–H groups in total. The lowest BCUT2D eigenvalue weighted by atomic mass is 9.83. The Labute approximate surface area is 142 Å². The molecule has 0 radical (unpaired) electrons. The molecule has 3 rings (SSSR count). The maximum atomic E-state index is 12.2. The molecule has 23 heavy (non-hydrogen) atoms. The van der Waals surface area contributed by atoms with E-state index in [4.69, 9.17) is 21.1 Å². The van der Waals surface area contributed by atoms with Crippen molar-refractivity contribution < 1.29 is 14.3 Å². The van der Waals surface area contributed by atoms with Gasteiger partial charge in [0.15, 0.2) is 0 Å². The zero-order valence-electron chi connectivity index (χ0n) is 14.0. The molecule has 0 aliphatic carbocycles. The van der Waals surface area contributed by atoms with E-state index < -0.39 is 5.60 Å². The third-order valence-corrected chi connectivity index (χ3v) is 4.76. The summed E-state index contributed by atoms with van der Waals surface area (Å²) in [5.41, 5.74) is 0.572. The van der Waals surface area contributed by atoms with E-state index in [1.54, 1.807) is 4.90 Å². The molecule has 0 unspecified atom stereocenters. The van der Waals surface area contributed by atoms with Gasteiger partial charge in [0.25, 0.3) is 0 Å². The molecular formula is C18H24ClNO3. The summed E-state index contributed by atoms with van der Waals surface area (Å²) in [6.45, 7) is 7.03. The number of ether oxygens (including phenoxy) is 2. The Morgan fingerprint density at radius 3 is 2.61 bits per heavy atom. The molecular weight excluding hydrogens is 314 g/mol. The molecule has 0 aromatic heterocycles. The number of aryl methyl sites for hydroxylation is 1. The minimum absolute atomic E-state index is 0.153. The molecule has 2 heterocycles. The molecule has 1 aromatic carbocycles. The van der Waals surface area contributed by atoms with Crippen molar-refractivity contribution in [2.24, 2.45) is 0 Å². The lowest BCUT2D eigenvalue weighted by molar-refractivity contribution is -0.0272. The van der Waals surface area contributed by atoms with Crippen LogP contribution in [0.1, 0.15) is 45.6 Å². The fraction of sp³-hybridized carbons (Fsp3) is 0.611. The molecule has 1 saturated heterocycles. The number of hydrogen-bond acceptors (Lipinski definition) is 3. The molecule has 2 aliphatic heterocycles. The van der Waals surface area contributed by atoms with E-state index in [2.05, 4.69) is 0 Å². The number of carbonyl (C=O) groups excluding carboxylic acids is 1. The minimum Gasteiger partial charge on any atom is -0.487 e. The summed E-state index contributed by atoms with van der Waals surface area (Å²) in [7, 11) is 0. The molecule has 2 aliphatic rings. The van der Waals surface area contributed by atoms with Crippen LogP contribution >= 0.6 is 11.6 Å². The standard InChI is InChI=1S/C18H24ClNO3/c1-17(2,3)23-16(21)20-10-8-18(9-11-20)7-6-13-12-14(19)4-5-15(13)22-18/h4-5,12H,6-11H2,1-3H3. The van der Waals surface area contributed by atoms with Crippen molar-refractivity contribution in [3.8, 4) is 5.75 Å². The molecule has 0 saturated carbocycles. The highest BCUT2D eigenvalue weighted by atomic mass is 35.5. The van der Waals surface area contributed by atoms with E-state index in [0.717, 1.165) is 36.5 Å². The third kappa shape index (κ3) is 3.74. The van der Waals surface area contributed by atoms with Crippen molar-refractivity contribution in [3.05, 3.63) is 28.8 Å². The number of hydrogen-bond donors (Lipinski definition) is 0. The molecule has 126 valence electrons. The molecule has 1 amide bonds. The lowest BCUT2D eigenvalue weighted by Crippen LogP contribution is -2.51. The van der Waals surface area contributed by atoms with E-state index in [1.807, 2.05) is 39.0 Å². The predicted molar refractivity (Wildman–Crippen MR) is 90.2 cm³/mol. The van der Waals surface area contributed by atoms with Crippen LogP contribution in [0.15, 0.2) is 18.2 Å². The van der Waals surface area contributed by atoms with Gasteiger partial charge in [0.05, 0.1) is 0 Å². The van der Waals surface area contributed by atoms with Crippen LogP contribution in [0.4, 0.5) is 4.79 Å². The van der Waals surface area contributed by atoms with Crippen LogP contribution < -0.4 is 4.74 Å². The van der Waals surface area contributed by atoms with Gasteiger partial charge in [0, 0.05) is 31.0 Å². The summed E-state index contributed by atoms with van der Waals surface area (Å²) in [6.07, 6.45) is 3.41.